The molecule has 7 fully saturated rings. The molecule has 0 spiro atoms. The van der Waals surface area contributed by atoms with Gasteiger partial charge in [-0.05, 0) is 23.1 Å². The van der Waals surface area contributed by atoms with E-state index in [1.54, 1.807) is 60.7 Å². The molecule has 2 aromatic rings. The summed E-state index contributed by atoms with van der Waals surface area (Å²) in [7, 11) is -37.9. The number of carboxylic acid groups (broad SMARTS) is 2. The fourth-order valence-electron chi connectivity index (χ4n) is 12.5. The number of fused-ring (bicyclic) bond motifs is 3. The fourth-order valence-corrected chi connectivity index (χ4v) is 15.4. The highest BCUT2D eigenvalue weighted by Gasteiger charge is 2.70. The van der Waals surface area contributed by atoms with E-state index in [-0.39, 0.29) is 13.2 Å². The number of rotatable bonds is 39. The molecule has 7 saturated heterocycles. The van der Waals surface area contributed by atoms with Gasteiger partial charge in [0.2, 0.25) is 5.60 Å². The average Bonchev–Trinajstić information content (AvgIpc) is 0.720. The maximum Gasteiger partial charge on any atom is 0.397 e. The highest BCUT2D eigenvalue weighted by molar-refractivity contribution is 7.82. The second-order valence-corrected chi connectivity index (χ2v) is 31.0. The molecule has 0 saturated carbocycles. The summed E-state index contributed by atoms with van der Waals surface area (Å²) in [6.45, 7) is -5.37. The molecule has 25 atom stereocenters. The zero-order valence-corrected chi connectivity index (χ0v) is 61.9. The molecule has 7 aliphatic rings. The summed E-state index contributed by atoms with van der Waals surface area (Å²) in [5, 5.41) is 26.4. The van der Waals surface area contributed by atoms with Gasteiger partial charge in [-0.2, -0.15) is 58.9 Å². The van der Waals surface area contributed by atoms with Gasteiger partial charge in [0.05, 0.1) is 39.6 Å². The lowest BCUT2D eigenvalue weighted by molar-refractivity contribution is -0.428. The Balaban J connectivity index is 1.20. The molecule has 0 radical (unpaired) electrons. The van der Waals surface area contributed by atoms with E-state index in [1.165, 1.54) is 0 Å². The predicted octanol–water partition coefficient (Wildman–Crippen LogP) is -3.38. The van der Waals surface area contributed by atoms with Crippen LogP contribution in [0.25, 0.3) is 10.4 Å². The Labute approximate surface area is 618 Å². The Morgan fingerprint density at radius 2 is 0.872 bits per heavy atom. The molecule has 2 aromatic carbocycles. The minimum atomic E-state index is -6.27. The topological polar surface area (TPSA) is 716 Å². The van der Waals surface area contributed by atoms with Crippen LogP contribution in [0, 0.1) is 0 Å². The van der Waals surface area contributed by atoms with E-state index in [0.717, 1.165) is 28.3 Å². The third-order valence-corrected chi connectivity index (χ3v) is 20.1. The van der Waals surface area contributed by atoms with Crippen molar-refractivity contribution in [3.63, 3.8) is 0 Å². The van der Waals surface area contributed by atoms with Crippen LogP contribution >= 0.6 is 0 Å². The first-order valence-electron chi connectivity index (χ1n) is 30.7. The van der Waals surface area contributed by atoms with Gasteiger partial charge in [0.15, 0.2) is 49.3 Å². The molecule has 7 heterocycles. The highest BCUT2D eigenvalue weighted by Crippen LogP contribution is 2.47. The lowest BCUT2D eigenvalue weighted by atomic mass is 9.83. The minimum absolute atomic E-state index is 0.298. The molecule has 9 rings (SSSR count). The molecule has 0 amide bonds. The molecule has 9 N–H and O–H groups in total. The molecule has 620 valence electrons. The molecule has 109 heavy (non-hydrogen) atoms. The molecule has 7 aliphatic heterocycles. The smallest absolute Gasteiger partial charge is 0.397 e. The number of carbonyl (C=O) groups is 2. The zero-order chi connectivity index (χ0) is 80.8. The second kappa shape index (κ2) is 36.3. The molecule has 58 heteroatoms. The normalized spacial score (nSPS) is 35.7. The van der Waals surface area contributed by atoms with Crippen LogP contribution in [0.15, 0.2) is 65.8 Å². The summed E-state index contributed by atoms with van der Waals surface area (Å²) in [6, 6.07) is 14.5. The predicted molar refractivity (Wildman–Crippen MR) is 337 cm³/mol. The van der Waals surface area contributed by atoms with Crippen LogP contribution in [-0.4, -0.2) is 320 Å². The van der Waals surface area contributed by atoms with E-state index in [1.807, 2.05) is 0 Å². The van der Waals surface area contributed by atoms with Crippen LogP contribution in [0.4, 0.5) is 0 Å². The summed E-state index contributed by atoms with van der Waals surface area (Å²) >= 11 is 0. The number of benzene rings is 2. The summed E-state index contributed by atoms with van der Waals surface area (Å²) in [4.78, 5) is 30.9. The lowest BCUT2D eigenvalue weighted by Gasteiger charge is -2.57. The molecule has 0 unspecified atom stereocenters. The Morgan fingerprint density at radius 3 is 1.28 bits per heavy atom. The van der Waals surface area contributed by atoms with Gasteiger partial charge in [-0.3, -0.25) is 31.9 Å². The van der Waals surface area contributed by atoms with Gasteiger partial charge in [-0.25, -0.2) is 38.9 Å². The first-order chi connectivity index (χ1) is 50.7. The summed E-state index contributed by atoms with van der Waals surface area (Å²) in [5.41, 5.74) is 4.68. The molecule has 0 aromatic heterocycles. The summed E-state index contributed by atoms with van der Waals surface area (Å²) < 4.78 is 371. The number of nitrogens with zero attached hydrogens (tertiary/aromatic N) is 3. The molecule has 2 bridgehead atoms. The SMILES string of the molecule is CC[C@]1(C(=O)O)O[C@@H](O[C@H]2[C@H](OS(=O)(=O)O)[C@@H](OS(=O)(=O)O)[C@@H](O[C@H]3[C@H](OC)[C@@H]4OC[C@@]3(C(=O)O)O[C@H]4O[C@H]3[C@H](OS(=O)(=O)O)[C@@H](OS(=O)(=O)O)[C@@H](OC)O[C@@H]3COS(=O)(=O)O)O[C@@H]2COS(=O)(=O)O)[C@H](OC)[C@@H](OC)[C@@H]1O[C@H]1O[C@H](COS(=O)(=O)O)[C@@H](OCc2ccccc2)[C@H](OCc2ccccc2)[C@H]1N=[N+]=[N-]. The third-order valence-electron chi connectivity index (χ3n) is 16.9. The summed E-state index contributed by atoms with van der Waals surface area (Å²) in [5.74, 6) is -4.36. The van der Waals surface area contributed by atoms with Gasteiger partial charge in [0.25, 0.3) is 0 Å². The number of aliphatic carboxylic acids is 2. The van der Waals surface area contributed by atoms with E-state index in [2.05, 4.69) is 26.8 Å². The number of azide groups is 1. The zero-order valence-electron chi connectivity index (χ0n) is 56.1. The Kier molecular flexibility index (Phi) is 29.9. The molecular weight excluding hydrogens is 1650 g/mol. The van der Waals surface area contributed by atoms with E-state index in [9.17, 15) is 116 Å². The van der Waals surface area contributed by atoms with Crippen molar-refractivity contribution in [2.45, 2.75) is 179 Å². The number of hydrogen-bond donors (Lipinski definition) is 9. The van der Waals surface area contributed by atoms with Crippen molar-refractivity contribution in [3.05, 3.63) is 82.2 Å². The first kappa shape index (κ1) is 89.7. The first-order valence-corrected chi connectivity index (χ1v) is 40.2. The van der Waals surface area contributed by atoms with Crippen molar-refractivity contribution in [1.82, 2.24) is 0 Å². The largest absolute Gasteiger partial charge is 0.479 e. The lowest BCUT2D eigenvalue weighted by Crippen LogP contribution is -2.78. The van der Waals surface area contributed by atoms with Gasteiger partial charge in [-0.15, -0.1) is 0 Å². The number of hydrogen-bond acceptors (Lipinski definition) is 40. The van der Waals surface area contributed by atoms with Crippen molar-refractivity contribution in [2.75, 3.05) is 54.9 Å². The van der Waals surface area contributed by atoms with Crippen LogP contribution in [0.2, 0.25) is 0 Å². The Morgan fingerprint density at radius 1 is 0.459 bits per heavy atom. The number of ether oxygens (including phenoxy) is 16. The quantitative estimate of drug-likeness (QED) is 0.0136. The monoisotopic (exact) mass is 1720 g/mol. The van der Waals surface area contributed by atoms with Crippen molar-refractivity contribution in [2.24, 2.45) is 5.11 Å². The number of carboxylic acids is 2. The standard InChI is InChI=1S/C51H71N3O48S7/c1-6-50(48(55)56)41(95-43-28(53-54-52)32(85-18-24-15-11-8-12-16-24)29(25(90-43)19-87-103(59,60)61)84-17-23-13-9-7-10-14-23)35(80-2)37(82-4)46(97-50)93-31-27(21-89-105(65,66)67)92-45(40(102-109(77,78)79)34(31)100-107(71,72)73)96-42-36(81-3)38-47(98-51(42,22-86-38)49(57)58)94-30-26(20-88-104(62,63)64)91-44(83-5)39(101-108(74,75)76)33(30)99-106(68,69)70/h7-16,25-47H,6,17-22H2,1-5H3,(H,55,56)(H,57,58)(H,59,60,61)(H,62,63,64)(H,65,66,67)(H,68,69,70)(H,71,72,73)(H,74,75,76)(H,77,78,79)/t25-,26-,27-,28-,29-,30-,31-,32-,33+,34+,35-,36-,37-,38+,39-,40-,41+,42+,43-,44+,45-,46-,47-,50+,51-/m1/s1. The number of methoxy groups -OCH3 is 4. The van der Waals surface area contributed by atoms with Gasteiger partial charge in [0.1, 0.15) is 97.6 Å². The van der Waals surface area contributed by atoms with Crippen LogP contribution in [0.5, 0.6) is 0 Å². The van der Waals surface area contributed by atoms with Gasteiger partial charge >= 0.3 is 84.7 Å². The maximum atomic E-state index is 14.2. The highest BCUT2D eigenvalue weighted by atomic mass is 32.3. The van der Waals surface area contributed by atoms with Crippen molar-refractivity contribution in [3.8, 4) is 0 Å². The van der Waals surface area contributed by atoms with Crippen molar-refractivity contribution in [1.29, 1.82) is 0 Å². The van der Waals surface area contributed by atoms with E-state index >= 15 is 0 Å². The van der Waals surface area contributed by atoms with Gasteiger partial charge in [0, 0.05) is 33.4 Å². The van der Waals surface area contributed by atoms with Crippen LogP contribution in [0.3, 0.4) is 0 Å². The fraction of sp³-hybridized carbons (Fsp3) is 0.725. The molecule has 0 aliphatic carbocycles. The Hall–Kier alpha value is -4.86. The van der Waals surface area contributed by atoms with Gasteiger partial charge < -0.3 is 86.0 Å². The molecule has 51 nitrogen and oxygen atoms in total. The van der Waals surface area contributed by atoms with E-state index in [0.29, 0.717) is 18.2 Å². The third kappa shape index (κ3) is 23.2. The second-order valence-electron chi connectivity index (χ2n) is 23.6. The van der Waals surface area contributed by atoms with Crippen molar-refractivity contribution < 1.29 is 216 Å². The van der Waals surface area contributed by atoms with E-state index in [4.69, 9.17) is 88.3 Å². The summed E-state index contributed by atoms with van der Waals surface area (Å²) in [6.07, 6.45) is -54.8. The van der Waals surface area contributed by atoms with Crippen molar-refractivity contribution >= 4 is 84.7 Å². The molecular formula is C51H71N3O48S7. The maximum absolute atomic E-state index is 14.2. The van der Waals surface area contributed by atoms with Crippen LogP contribution in [-0.2, 0) is 201 Å². The van der Waals surface area contributed by atoms with Crippen LogP contribution < -0.4 is 0 Å². The van der Waals surface area contributed by atoms with Gasteiger partial charge in [-0.1, -0.05) is 72.7 Å². The Bertz CT molecular complexity index is 4330. The average molecular weight is 1720 g/mol. The van der Waals surface area contributed by atoms with Crippen LogP contribution in [0.1, 0.15) is 24.5 Å². The van der Waals surface area contributed by atoms with E-state index < -0.39 is 270 Å². The minimum Gasteiger partial charge on any atom is -0.479 e.